The van der Waals surface area contributed by atoms with Gasteiger partial charge >= 0.3 is 0 Å². The van der Waals surface area contributed by atoms with Gasteiger partial charge in [0.25, 0.3) is 0 Å². The van der Waals surface area contributed by atoms with Gasteiger partial charge < -0.3 is 15.8 Å². The van der Waals surface area contributed by atoms with Gasteiger partial charge in [0.1, 0.15) is 0 Å². The summed E-state index contributed by atoms with van der Waals surface area (Å²) in [6, 6.07) is 9.82. The third kappa shape index (κ3) is 2.47. The minimum Gasteiger partial charge on any atom is -0.376 e. The molecule has 1 aliphatic carbocycles. The predicted molar refractivity (Wildman–Crippen MR) is 81.8 cm³/mol. The first-order chi connectivity index (χ1) is 10.0. The Morgan fingerprint density at radius 1 is 1.33 bits per heavy atom. The summed E-state index contributed by atoms with van der Waals surface area (Å²) in [6.07, 6.45) is 2.29. The van der Waals surface area contributed by atoms with Crippen molar-refractivity contribution >= 4 is 5.91 Å². The highest BCUT2D eigenvalue weighted by Gasteiger charge is 2.51. The molecular formula is C17H24N2O2. The van der Waals surface area contributed by atoms with Crippen LogP contribution in [-0.4, -0.2) is 30.7 Å². The summed E-state index contributed by atoms with van der Waals surface area (Å²) < 4.78 is 5.78. The summed E-state index contributed by atoms with van der Waals surface area (Å²) in [6.45, 7) is 4.67. The zero-order valence-corrected chi connectivity index (χ0v) is 12.7. The van der Waals surface area contributed by atoms with Crippen LogP contribution in [0.4, 0.5) is 0 Å². The lowest BCUT2D eigenvalue weighted by molar-refractivity contribution is -0.142. The molecule has 4 nitrogen and oxygen atoms in total. The van der Waals surface area contributed by atoms with E-state index in [0.29, 0.717) is 5.92 Å². The summed E-state index contributed by atoms with van der Waals surface area (Å²) in [5.74, 6) is 0.422. The van der Waals surface area contributed by atoms with Crippen LogP contribution in [0.5, 0.6) is 0 Å². The summed E-state index contributed by atoms with van der Waals surface area (Å²) in [5, 5.41) is 3.12. The van der Waals surface area contributed by atoms with Gasteiger partial charge in [-0.15, -0.1) is 0 Å². The molecule has 0 spiro atoms. The molecule has 1 aliphatic heterocycles. The van der Waals surface area contributed by atoms with Crippen molar-refractivity contribution in [3.63, 3.8) is 0 Å². The fourth-order valence-electron chi connectivity index (χ4n) is 3.44. The maximum Gasteiger partial charge on any atom is 0.230 e. The van der Waals surface area contributed by atoms with Crippen LogP contribution >= 0.6 is 0 Å². The minimum absolute atomic E-state index is 0.0155. The molecule has 21 heavy (non-hydrogen) atoms. The Balaban J connectivity index is 1.69. The van der Waals surface area contributed by atoms with E-state index in [4.69, 9.17) is 10.5 Å². The fourth-order valence-corrected chi connectivity index (χ4v) is 3.44. The van der Waals surface area contributed by atoms with Crippen LogP contribution in [0.3, 0.4) is 0 Å². The Labute approximate surface area is 126 Å². The molecule has 3 N–H and O–H groups in total. The summed E-state index contributed by atoms with van der Waals surface area (Å²) in [5.41, 5.74) is 6.65. The van der Waals surface area contributed by atoms with Crippen LogP contribution in [0.2, 0.25) is 0 Å². The SMILES string of the molecule is CC(C)(C(=O)NC1C(N)C2CCCOC21)c1ccccc1. The Morgan fingerprint density at radius 3 is 2.76 bits per heavy atom. The Kier molecular flexibility index (Phi) is 3.76. The highest BCUT2D eigenvalue weighted by molar-refractivity contribution is 5.87. The number of hydrogen-bond acceptors (Lipinski definition) is 3. The molecule has 1 amide bonds. The monoisotopic (exact) mass is 288 g/mol. The molecule has 2 aliphatic rings. The Morgan fingerprint density at radius 2 is 2.05 bits per heavy atom. The standard InChI is InChI=1S/C17H24N2O2/c1-17(2,11-7-4-3-5-8-11)16(20)19-14-13(18)12-9-6-10-21-15(12)14/h3-5,7-8,12-15H,6,9-10,18H2,1-2H3,(H,19,20). The summed E-state index contributed by atoms with van der Waals surface area (Å²) in [4.78, 5) is 12.7. The largest absolute Gasteiger partial charge is 0.376 e. The lowest BCUT2D eigenvalue weighted by atomic mass is 9.68. The molecule has 1 aromatic carbocycles. The van der Waals surface area contributed by atoms with Gasteiger partial charge in [-0.3, -0.25) is 4.79 Å². The molecule has 1 saturated carbocycles. The molecule has 3 rings (SSSR count). The lowest BCUT2D eigenvalue weighted by Gasteiger charge is -2.52. The topological polar surface area (TPSA) is 64.4 Å². The Bertz CT molecular complexity index is 515. The molecule has 1 saturated heterocycles. The second kappa shape index (κ2) is 5.43. The van der Waals surface area contributed by atoms with Gasteiger partial charge in [-0.2, -0.15) is 0 Å². The van der Waals surface area contributed by atoms with Crippen LogP contribution in [0.15, 0.2) is 30.3 Å². The molecule has 4 heteroatoms. The molecule has 0 aromatic heterocycles. The lowest BCUT2D eigenvalue weighted by Crippen LogP contribution is -2.72. The number of fused-ring (bicyclic) bond motifs is 1. The van der Waals surface area contributed by atoms with Crippen LogP contribution in [0, 0.1) is 5.92 Å². The van der Waals surface area contributed by atoms with Crippen LogP contribution in [0.25, 0.3) is 0 Å². The van der Waals surface area contributed by atoms with Gasteiger partial charge in [-0.1, -0.05) is 30.3 Å². The van der Waals surface area contributed by atoms with Crippen molar-refractivity contribution in [1.82, 2.24) is 5.32 Å². The van der Waals surface area contributed by atoms with Gasteiger partial charge in [0.2, 0.25) is 5.91 Å². The first kappa shape index (κ1) is 14.5. The molecule has 0 radical (unpaired) electrons. The van der Waals surface area contributed by atoms with Crippen molar-refractivity contribution in [3.8, 4) is 0 Å². The molecule has 114 valence electrons. The van der Waals surface area contributed by atoms with E-state index in [-0.39, 0.29) is 24.1 Å². The number of amides is 1. The first-order valence-electron chi connectivity index (χ1n) is 7.75. The number of carbonyl (C=O) groups is 1. The fraction of sp³-hybridized carbons (Fsp3) is 0.588. The van der Waals surface area contributed by atoms with Gasteiger partial charge in [-0.25, -0.2) is 0 Å². The van der Waals surface area contributed by atoms with Gasteiger partial charge in [0.15, 0.2) is 0 Å². The molecule has 0 bridgehead atoms. The normalized spacial score (nSPS) is 32.0. The van der Waals surface area contributed by atoms with Crippen molar-refractivity contribution < 1.29 is 9.53 Å². The highest BCUT2D eigenvalue weighted by Crippen LogP contribution is 2.37. The third-order valence-corrected chi connectivity index (χ3v) is 5.04. The minimum atomic E-state index is -0.569. The van der Waals surface area contributed by atoms with E-state index in [1.165, 1.54) is 0 Å². The summed E-state index contributed by atoms with van der Waals surface area (Å²) in [7, 11) is 0. The maximum absolute atomic E-state index is 12.7. The smallest absolute Gasteiger partial charge is 0.230 e. The number of rotatable bonds is 3. The van der Waals surface area contributed by atoms with Crippen molar-refractivity contribution in [2.24, 2.45) is 11.7 Å². The van der Waals surface area contributed by atoms with Gasteiger partial charge in [0.05, 0.1) is 17.6 Å². The molecule has 1 heterocycles. The molecular weight excluding hydrogens is 264 g/mol. The molecule has 4 unspecified atom stereocenters. The molecule has 4 atom stereocenters. The summed E-state index contributed by atoms with van der Waals surface area (Å²) >= 11 is 0. The van der Waals surface area contributed by atoms with Crippen LogP contribution in [0.1, 0.15) is 32.3 Å². The quantitative estimate of drug-likeness (QED) is 0.887. The number of nitrogens with one attached hydrogen (secondary N) is 1. The van der Waals surface area contributed by atoms with Crippen molar-refractivity contribution in [1.29, 1.82) is 0 Å². The number of ether oxygens (including phenoxy) is 1. The first-order valence-corrected chi connectivity index (χ1v) is 7.75. The van der Waals surface area contributed by atoms with Crippen molar-refractivity contribution in [2.45, 2.75) is 50.3 Å². The van der Waals surface area contributed by atoms with E-state index in [2.05, 4.69) is 5.32 Å². The third-order valence-electron chi connectivity index (χ3n) is 5.04. The van der Waals surface area contributed by atoms with Crippen LogP contribution in [-0.2, 0) is 14.9 Å². The number of hydrogen-bond donors (Lipinski definition) is 2. The van der Waals surface area contributed by atoms with Crippen LogP contribution < -0.4 is 11.1 Å². The number of nitrogens with two attached hydrogens (primary N) is 1. The van der Waals surface area contributed by atoms with Crippen molar-refractivity contribution in [2.75, 3.05) is 6.61 Å². The van der Waals surface area contributed by atoms with E-state index < -0.39 is 5.41 Å². The number of carbonyl (C=O) groups excluding carboxylic acids is 1. The Hall–Kier alpha value is -1.39. The average Bonchev–Trinajstić information content (AvgIpc) is 2.52. The van der Waals surface area contributed by atoms with E-state index in [1.807, 2.05) is 44.2 Å². The average molecular weight is 288 g/mol. The van der Waals surface area contributed by atoms with Gasteiger partial charge in [-0.05, 0) is 32.3 Å². The molecule has 1 aromatic rings. The van der Waals surface area contributed by atoms with E-state index in [0.717, 1.165) is 25.0 Å². The van der Waals surface area contributed by atoms with Gasteiger partial charge in [0, 0.05) is 18.6 Å². The van der Waals surface area contributed by atoms with E-state index in [9.17, 15) is 4.79 Å². The zero-order valence-electron chi connectivity index (χ0n) is 12.7. The second-order valence-corrected chi connectivity index (χ2v) is 6.71. The zero-order chi connectivity index (χ0) is 15.0. The number of benzene rings is 1. The second-order valence-electron chi connectivity index (χ2n) is 6.71. The van der Waals surface area contributed by atoms with Crippen molar-refractivity contribution in [3.05, 3.63) is 35.9 Å². The maximum atomic E-state index is 12.7. The highest BCUT2D eigenvalue weighted by atomic mass is 16.5. The van der Waals surface area contributed by atoms with E-state index >= 15 is 0 Å². The molecule has 2 fully saturated rings. The van der Waals surface area contributed by atoms with E-state index in [1.54, 1.807) is 0 Å². The predicted octanol–water partition coefficient (Wildman–Crippen LogP) is 1.59.